The van der Waals surface area contributed by atoms with Crippen LogP contribution in [0.1, 0.15) is 36.8 Å². The lowest BCUT2D eigenvalue weighted by atomic mass is 10.1. The van der Waals surface area contributed by atoms with Crippen molar-refractivity contribution in [2.45, 2.75) is 39.3 Å². The predicted molar refractivity (Wildman–Crippen MR) is 93.2 cm³/mol. The predicted octanol–water partition coefficient (Wildman–Crippen LogP) is 2.96. The van der Waals surface area contributed by atoms with Gasteiger partial charge in [-0.25, -0.2) is 4.79 Å². The highest BCUT2D eigenvalue weighted by molar-refractivity contribution is 5.89. The van der Waals surface area contributed by atoms with Crippen LogP contribution < -0.4 is 10.2 Å². The molecule has 3 rings (SSSR count). The highest BCUT2D eigenvalue weighted by Crippen LogP contribution is 2.23. The highest BCUT2D eigenvalue weighted by atomic mass is 16.6. The number of nitrogens with one attached hydrogen (secondary N) is 2. The summed E-state index contributed by atoms with van der Waals surface area (Å²) in [7, 11) is 0. The second kappa shape index (κ2) is 7.05. The zero-order chi connectivity index (χ0) is 17.1. The van der Waals surface area contributed by atoms with Gasteiger partial charge in [0.2, 0.25) is 0 Å². The molecule has 1 fully saturated rings. The average molecular weight is 328 g/mol. The maximum atomic E-state index is 11.7. The van der Waals surface area contributed by atoms with Gasteiger partial charge in [-0.05, 0) is 44.5 Å². The van der Waals surface area contributed by atoms with Crippen molar-refractivity contribution >= 4 is 11.8 Å². The van der Waals surface area contributed by atoms with E-state index < -0.39 is 0 Å². The lowest BCUT2D eigenvalue weighted by Gasteiger charge is -2.21. The van der Waals surface area contributed by atoms with Gasteiger partial charge < -0.3 is 10.1 Å². The molecule has 1 aromatic heterocycles. The first-order valence-electron chi connectivity index (χ1n) is 8.34. The van der Waals surface area contributed by atoms with Gasteiger partial charge in [-0.3, -0.25) is 10.00 Å². The largest absolute Gasteiger partial charge is 0.447 e. The van der Waals surface area contributed by atoms with Crippen LogP contribution in [-0.2, 0) is 11.2 Å². The number of carbonyl (C=O) groups is 1. The fourth-order valence-electron chi connectivity index (χ4n) is 3.06. The molecule has 6 heteroatoms. The molecule has 2 N–H and O–H groups in total. The van der Waals surface area contributed by atoms with Crippen LogP contribution in [0, 0.1) is 6.92 Å². The number of ether oxygens (including phenoxy) is 1. The summed E-state index contributed by atoms with van der Waals surface area (Å²) >= 11 is 0. The number of nitrogens with zero attached hydrogens (tertiary/aromatic N) is 2. The molecule has 1 amide bonds. The fraction of sp³-hybridized carbons (Fsp3) is 0.444. The molecular formula is C18H24N4O2. The summed E-state index contributed by atoms with van der Waals surface area (Å²) in [5.74, 6) is 0. The first-order valence-corrected chi connectivity index (χ1v) is 8.34. The Hall–Kier alpha value is -2.34. The van der Waals surface area contributed by atoms with Gasteiger partial charge in [0, 0.05) is 29.9 Å². The lowest BCUT2D eigenvalue weighted by molar-refractivity contribution is 0.181. The van der Waals surface area contributed by atoms with Crippen molar-refractivity contribution in [1.29, 1.82) is 0 Å². The Labute approximate surface area is 142 Å². The number of rotatable bonds is 6. The molecule has 1 saturated heterocycles. The number of cyclic esters (lactones) is 1. The van der Waals surface area contributed by atoms with Crippen molar-refractivity contribution in [1.82, 2.24) is 15.5 Å². The summed E-state index contributed by atoms with van der Waals surface area (Å²) in [6, 6.07) is 10.6. The molecule has 0 saturated carbocycles. The van der Waals surface area contributed by atoms with Gasteiger partial charge >= 0.3 is 6.09 Å². The van der Waals surface area contributed by atoms with E-state index in [0.717, 1.165) is 29.1 Å². The number of hydrogen-bond acceptors (Lipinski definition) is 4. The van der Waals surface area contributed by atoms with Crippen molar-refractivity contribution in [3.63, 3.8) is 0 Å². The number of amides is 1. The van der Waals surface area contributed by atoms with Crippen LogP contribution >= 0.6 is 0 Å². The van der Waals surface area contributed by atoms with Gasteiger partial charge in [-0.15, -0.1) is 0 Å². The number of hydrogen-bond donors (Lipinski definition) is 2. The summed E-state index contributed by atoms with van der Waals surface area (Å²) in [5.41, 5.74) is 4.18. The zero-order valence-electron chi connectivity index (χ0n) is 14.4. The normalized spacial score (nSPS) is 17.0. The molecule has 0 aliphatic carbocycles. The van der Waals surface area contributed by atoms with Crippen LogP contribution in [0.5, 0.6) is 0 Å². The molecule has 128 valence electrons. The minimum atomic E-state index is -0.268. The molecule has 6 nitrogen and oxygen atoms in total. The van der Waals surface area contributed by atoms with Crippen LogP contribution in [0.4, 0.5) is 10.5 Å². The molecule has 1 aromatic carbocycles. The molecule has 1 aliphatic heterocycles. The topological polar surface area (TPSA) is 70.2 Å². The van der Waals surface area contributed by atoms with E-state index in [1.54, 1.807) is 4.90 Å². The third kappa shape index (κ3) is 3.76. The summed E-state index contributed by atoms with van der Waals surface area (Å²) in [4.78, 5) is 13.4. The third-order valence-electron chi connectivity index (χ3n) is 4.25. The summed E-state index contributed by atoms with van der Waals surface area (Å²) in [6.07, 6.45) is 0.599. The molecule has 0 bridgehead atoms. The maximum Gasteiger partial charge on any atom is 0.414 e. The van der Waals surface area contributed by atoms with Gasteiger partial charge in [0.15, 0.2) is 0 Å². The Morgan fingerprint density at radius 1 is 1.38 bits per heavy atom. The van der Waals surface area contributed by atoms with Gasteiger partial charge in [0.1, 0.15) is 6.61 Å². The van der Waals surface area contributed by atoms with Crippen LogP contribution in [0.25, 0.3) is 0 Å². The first kappa shape index (κ1) is 16.5. The molecule has 2 heterocycles. The zero-order valence-corrected chi connectivity index (χ0v) is 14.4. The molecule has 0 unspecified atom stereocenters. The Morgan fingerprint density at radius 2 is 2.21 bits per heavy atom. The second-order valence-electron chi connectivity index (χ2n) is 6.40. The quantitative estimate of drug-likeness (QED) is 0.855. The van der Waals surface area contributed by atoms with E-state index >= 15 is 0 Å². The molecule has 2 aromatic rings. The summed E-state index contributed by atoms with van der Waals surface area (Å²) in [6.45, 7) is 7.36. The molecule has 0 spiro atoms. The minimum absolute atomic E-state index is 0.179. The van der Waals surface area contributed by atoms with Crippen LogP contribution in [0.15, 0.2) is 30.3 Å². The van der Waals surface area contributed by atoms with Crippen molar-refractivity contribution in [3.05, 3.63) is 47.3 Å². The van der Waals surface area contributed by atoms with E-state index in [1.807, 2.05) is 19.1 Å². The maximum absolute atomic E-state index is 11.7. The van der Waals surface area contributed by atoms with Crippen LogP contribution in [0.3, 0.4) is 0 Å². The van der Waals surface area contributed by atoms with Crippen molar-refractivity contribution < 1.29 is 9.53 Å². The van der Waals surface area contributed by atoms with E-state index in [-0.39, 0.29) is 12.1 Å². The minimum Gasteiger partial charge on any atom is -0.447 e. The molecule has 24 heavy (non-hydrogen) atoms. The van der Waals surface area contributed by atoms with E-state index in [1.165, 1.54) is 0 Å². The molecular weight excluding hydrogens is 304 g/mol. The second-order valence-corrected chi connectivity index (χ2v) is 6.40. The number of carbonyl (C=O) groups excluding carboxylic acids is 1. The molecule has 0 radical (unpaired) electrons. The average Bonchev–Trinajstić information content (AvgIpc) is 3.15. The number of aromatic amines is 1. The van der Waals surface area contributed by atoms with E-state index in [0.29, 0.717) is 19.2 Å². The fourth-order valence-corrected chi connectivity index (χ4v) is 3.06. The van der Waals surface area contributed by atoms with E-state index in [2.05, 4.69) is 47.6 Å². The Morgan fingerprint density at radius 3 is 2.88 bits per heavy atom. The number of benzene rings is 1. The SMILES string of the molecule is Cc1cc(C[C@@H](C)N[C@H](C)c2cccc(N3CCOC3=O)c2)n[nH]1. The molecule has 2 atom stereocenters. The number of anilines is 1. The Bertz CT molecular complexity index is 713. The van der Waals surface area contributed by atoms with E-state index in [9.17, 15) is 4.79 Å². The smallest absolute Gasteiger partial charge is 0.414 e. The number of H-pyrrole nitrogens is 1. The number of aryl methyl sites for hydroxylation is 1. The van der Waals surface area contributed by atoms with Gasteiger partial charge in [0.05, 0.1) is 12.2 Å². The van der Waals surface area contributed by atoms with E-state index in [4.69, 9.17) is 4.74 Å². The Kier molecular flexibility index (Phi) is 4.85. The monoisotopic (exact) mass is 328 g/mol. The highest BCUT2D eigenvalue weighted by Gasteiger charge is 2.24. The Balaban J connectivity index is 1.64. The van der Waals surface area contributed by atoms with Gasteiger partial charge in [0.25, 0.3) is 0 Å². The molecule has 1 aliphatic rings. The lowest BCUT2D eigenvalue weighted by Crippen LogP contribution is -2.31. The first-order chi connectivity index (χ1) is 11.5. The van der Waals surface area contributed by atoms with Crippen molar-refractivity contribution in [3.8, 4) is 0 Å². The van der Waals surface area contributed by atoms with Crippen molar-refractivity contribution in [2.24, 2.45) is 0 Å². The summed E-state index contributed by atoms with van der Waals surface area (Å²) < 4.78 is 5.01. The summed E-state index contributed by atoms with van der Waals surface area (Å²) in [5, 5.41) is 10.9. The van der Waals surface area contributed by atoms with Crippen LogP contribution in [-0.4, -0.2) is 35.5 Å². The van der Waals surface area contributed by atoms with Crippen LogP contribution in [0.2, 0.25) is 0 Å². The standard InChI is InChI=1S/C18H24N4O2/c1-12(9-16-10-13(2)20-21-16)19-14(3)15-5-4-6-17(11-15)22-7-8-24-18(22)23/h4-6,10-12,14,19H,7-9H2,1-3H3,(H,20,21)/t12-,14-/m1/s1. The van der Waals surface area contributed by atoms with Gasteiger partial charge in [-0.2, -0.15) is 5.10 Å². The van der Waals surface area contributed by atoms with Gasteiger partial charge in [-0.1, -0.05) is 12.1 Å². The van der Waals surface area contributed by atoms with Crippen molar-refractivity contribution in [2.75, 3.05) is 18.1 Å². The number of aromatic nitrogens is 2. The third-order valence-corrected chi connectivity index (χ3v) is 4.25.